The van der Waals surface area contributed by atoms with Crippen molar-refractivity contribution >= 4 is 33.2 Å². The maximum atomic E-state index is 13.0. The van der Waals surface area contributed by atoms with E-state index >= 15 is 0 Å². The van der Waals surface area contributed by atoms with Gasteiger partial charge < -0.3 is 10.3 Å². The average molecular weight is 441 g/mol. The largest absolute Gasteiger partial charge is 0.341 e. The van der Waals surface area contributed by atoms with E-state index in [0.29, 0.717) is 10.9 Å². The number of nitrogens with zero attached hydrogens (tertiary/aromatic N) is 1. The Hall–Kier alpha value is -2.79. The molecule has 0 fully saturated rings. The van der Waals surface area contributed by atoms with E-state index in [1.165, 1.54) is 24.3 Å². The second-order valence-electron chi connectivity index (χ2n) is 5.78. The van der Waals surface area contributed by atoms with Crippen molar-refractivity contribution in [1.29, 1.82) is 0 Å². The van der Waals surface area contributed by atoms with Gasteiger partial charge in [-0.15, -0.1) is 0 Å². The molecule has 0 bridgehead atoms. The molecular weight excluding hydrogens is 427 g/mol. The van der Waals surface area contributed by atoms with Crippen LogP contribution in [0.2, 0.25) is 0 Å². The second-order valence-corrected chi connectivity index (χ2v) is 8.66. The molecule has 11 heteroatoms. The van der Waals surface area contributed by atoms with Crippen LogP contribution in [0.4, 0.5) is 18.9 Å². The third kappa shape index (κ3) is 5.18. The number of alkyl halides is 2. The molecule has 0 aliphatic heterocycles. The zero-order chi connectivity index (χ0) is 21.0. The molecule has 0 unspecified atom stereocenters. The molecular formula is C18H14F3N3O3S2. The first-order valence-corrected chi connectivity index (χ1v) is 10.6. The van der Waals surface area contributed by atoms with E-state index in [4.69, 9.17) is 0 Å². The van der Waals surface area contributed by atoms with Gasteiger partial charge in [-0.1, -0.05) is 11.8 Å². The molecule has 2 aromatic carbocycles. The molecule has 3 rings (SSSR count). The van der Waals surface area contributed by atoms with Crippen LogP contribution in [0.1, 0.15) is 0 Å². The maximum Gasteiger partial charge on any atom is 0.341 e. The normalized spacial score (nSPS) is 11.6. The first kappa shape index (κ1) is 20.9. The summed E-state index contributed by atoms with van der Waals surface area (Å²) in [6.45, 7) is 0. The van der Waals surface area contributed by atoms with Gasteiger partial charge in [0.15, 0.2) is 5.16 Å². The Bertz CT molecular complexity index is 1100. The SMILES string of the molecule is O=C(CSc1ncc(-c2ccc(F)cc2)[nH]1)Nc1ccc(S(=O)(=O)C(F)F)cc1. The molecule has 1 heterocycles. The van der Waals surface area contributed by atoms with Crippen molar-refractivity contribution in [3.05, 3.63) is 60.5 Å². The number of rotatable bonds is 7. The Morgan fingerprint density at radius 3 is 2.38 bits per heavy atom. The fourth-order valence-corrected chi connectivity index (χ4v) is 3.68. The first-order chi connectivity index (χ1) is 13.8. The van der Waals surface area contributed by atoms with Crippen molar-refractivity contribution < 1.29 is 26.4 Å². The van der Waals surface area contributed by atoms with Crippen LogP contribution in [-0.2, 0) is 14.6 Å². The number of anilines is 1. The highest BCUT2D eigenvalue weighted by atomic mass is 32.2. The molecule has 0 radical (unpaired) electrons. The summed E-state index contributed by atoms with van der Waals surface area (Å²) in [5.41, 5.74) is 1.69. The Balaban J connectivity index is 1.56. The molecule has 0 aliphatic rings. The molecule has 1 amide bonds. The molecule has 3 aromatic rings. The Morgan fingerprint density at radius 2 is 1.76 bits per heavy atom. The van der Waals surface area contributed by atoms with Gasteiger partial charge >= 0.3 is 5.76 Å². The van der Waals surface area contributed by atoms with Crippen LogP contribution in [0.15, 0.2) is 64.8 Å². The number of nitrogens with one attached hydrogen (secondary N) is 2. The number of amides is 1. The van der Waals surface area contributed by atoms with Crippen LogP contribution in [0, 0.1) is 5.82 Å². The molecule has 6 nitrogen and oxygen atoms in total. The highest BCUT2D eigenvalue weighted by Crippen LogP contribution is 2.23. The summed E-state index contributed by atoms with van der Waals surface area (Å²) >= 11 is 1.13. The number of thioether (sulfide) groups is 1. The van der Waals surface area contributed by atoms with Crippen molar-refractivity contribution in [2.45, 2.75) is 15.8 Å². The quantitative estimate of drug-likeness (QED) is 0.542. The van der Waals surface area contributed by atoms with Gasteiger partial charge in [-0.2, -0.15) is 8.78 Å². The Kier molecular flexibility index (Phi) is 6.28. The van der Waals surface area contributed by atoms with Crippen LogP contribution in [0.25, 0.3) is 11.3 Å². The lowest BCUT2D eigenvalue weighted by atomic mass is 10.2. The Labute approximate surface area is 168 Å². The van der Waals surface area contributed by atoms with Crippen LogP contribution < -0.4 is 5.32 Å². The summed E-state index contributed by atoms with van der Waals surface area (Å²) in [6.07, 6.45) is 1.57. The molecule has 0 aliphatic carbocycles. The molecule has 0 saturated heterocycles. The fraction of sp³-hybridized carbons (Fsp3) is 0.111. The van der Waals surface area contributed by atoms with E-state index in [0.717, 1.165) is 29.5 Å². The third-order valence-corrected chi connectivity index (χ3v) is 6.03. The standard InChI is InChI=1S/C18H14F3N3O3S2/c19-12-3-1-11(2-4-12)15-9-22-18(24-15)28-10-16(25)23-13-5-7-14(8-6-13)29(26,27)17(20)21/h1-9,17H,10H2,(H,22,24)(H,23,25). The summed E-state index contributed by atoms with van der Waals surface area (Å²) in [5, 5.41) is 3.02. The fourth-order valence-electron chi connectivity index (χ4n) is 2.31. The Morgan fingerprint density at radius 1 is 1.10 bits per heavy atom. The highest BCUT2D eigenvalue weighted by molar-refractivity contribution is 7.99. The number of aromatic amines is 1. The smallest absolute Gasteiger partial charge is 0.333 e. The number of halogens is 3. The maximum absolute atomic E-state index is 13.0. The summed E-state index contributed by atoms with van der Waals surface area (Å²) in [7, 11) is -4.67. The van der Waals surface area contributed by atoms with Gasteiger partial charge in [0.2, 0.25) is 15.7 Å². The lowest BCUT2D eigenvalue weighted by Crippen LogP contribution is -2.15. The van der Waals surface area contributed by atoms with E-state index in [-0.39, 0.29) is 23.2 Å². The van der Waals surface area contributed by atoms with E-state index < -0.39 is 20.5 Å². The zero-order valence-corrected chi connectivity index (χ0v) is 16.2. The number of aromatic nitrogens is 2. The molecule has 1 aromatic heterocycles. The monoisotopic (exact) mass is 441 g/mol. The summed E-state index contributed by atoms with van der Waals surface area (Å²) in [6, 6.07) is 10.3. The lowest BCUT2D eigenvalue weighted by Gasteiger charge is -2.06. The van der Waals surface area contributed by atoms with Gasteiger partial charge in [-0.05, 0) is 54.1 Å². The minimum absolute atomic E-state index is 0.00740. The van der Waals surface area contributed by atoms with E-state index in [1.54, 1.807) is 18.3 Å². The van der Waals surface area contributed by atoms with E-state index in [1.807, 2.05) is 0 Å². The van der Waals surface area contributed by atoms with Gasteiger partial charge in [-0.3, -0.25) is 4.79 Å². The van der Waals surface area contributed by atoms with Crippen molar-refractivity contribution in [2.75, 3.05) is 11.1 Å². The van der Waals surface area contributed by atoms with Gasteiger partial charge in [0, 0.05) is 5.69 Å². The van der Waals surface area contributed by atoms with E-state index in [2.05, 4.69) is 15.3 Å². The zero-order valence-electron chi connectivity index (χ0n) is 14.6. The molecule has 29 heavy (non-hydrogen) atoms. The minimum Gasteiger partial charge on any atom is -0.333 e. The number of carbonyl (C=O) groups excluding carboxylic acids is 1. The van der Waals surface area contributed by atoms with Crippen molar-refractivity contribution in [3.63, 3.8) is 0 Å². The summed E-state index contributed by atoms with van der Waals surface area (Å²) in [4.78, 5) is 18.7. The number of hydrogen-bond acceptors (Lipinski definition) is 5. The van der Waals surface area contributed by atoms with Crippen molar-refractivity contribution in [1.82, 2.24) is 9.97 Å². The number of benzene rings is 2. The second kappa shape index (κ2) is 8.70. The van der Waals surface area contributed by atoms with Crippen molar-refractivity contribution in [3.8, 4) is 11.3 Å². The van der Waals surface area contributed by atoms with Gasteiger partial charge in [0.05, 0.1) is 22.5 Å². The molecule has 152 valence electrons. The molecule has 0 spiro atoms. The van der Waals surface area contributed by atoms with Crippen LogP contribution >= 0.6 is 11.8 Å². The number of hydrogen-bond donors (Lipinski definition) is 2. The van der Waals surface area contributed by atoms with Gasteiger partial charge in [-0.25, -0.2) is 17.8 Å². The molecule has 0 atom stereocenters. The topological polar surface area (TPSA) is 91.9 Å². The highest BCUT2D eigenvalue weighted by Gasteiger charge is 2.26. The number of carbonyl (C=O) groups is 1. The minimum atomic E-state index is -4.67. The average Bonchev–Trinajstić information content (AvgIpc) is 3.16. The number of H-pyrrole nitrogens is 1. The van der Waals surface area contributed by atoms with Crippen LogP contribution in [0.3, 0.4) is 0 Å². The number of imidazole rings is 1. The van der Waals surface area contributed by atoms with E-state index in [9.17, 15) is 26.4 Å². The van der Waals surface area contributed by atoms with Gasteiger partial charge in [0.25, 0.3) is 0 Å². The van der Waals surface area contributed by atoms with Crippen LogP contribution in [-0.4, -0.2) is 35.8 Å². The predicted octanol–water partition coefficient (Wildman–Crippen LogP) is 3.94. The molecule has 2 N–H and O–H groups in total. The first-order valence-electron chi connectivity index (χ1n) is 8.11. The number of sulfone groups is 1. The molecule has 0 saturated carbocycles. The predicted molar refractivity (Wildman–Crippen MR) is 103 cm³/mol. The van der Waals surface area contributed by atoms with Crippen molar-refractivity contribution in [2.24, 2.45) is 0 Å². The summed E-state index contributed by atoms with van der Waals surface area (Å²) < 4.78 is 60.8. The van der Waals surface area contributed by atoms with Crippen LogP contribution in [0.5, 0.6) is 0 Å². The third-order valence-electron chi connectivity index (χ3n) is 3.75. The lowest BCUT2D eigenvalue weighted by molar-refractivity contribution is -0.113. The summed E-state index contributed by atoms with van der Waals surface area (Å²) in [5.74, 6) is -4.24. The van der Waals surface area contributed by atoms with Gasteiger partial charge in [0.1, 0.15) is 5.82 Å².